The molecule has 0 fully saturated rings. The van der Waals surface area contributed by atoms with E-state index in [-0.39, 0.29) is 4.90 Å². The van der Waals surface area contributed by atoms with Crippen LogP contribution in [0.4, 0.5) is 5.69 Å². The van der Waals surface area contributed by atoms with E-state index in [1.807, 2.05) is 0 Å². The molecular formula is C12H15ClN4O2S. The third-order valence-electron chi connectivity index (χ3n) is 2.67. The third kappa shape index (κ3) is 3.12. The van der Waals surface area contributed by atoms with Gasteiger partial charge < -0.3 is 5.32 Å². The molecule has 0 aliphatic carbocycles. The van der Waals surface area contributed by atoms with Crippen molar-refractivity contribution in [2.75, 3.05) is 11.8 Å². The zero-order chi connectivity index (χ0) is 14.8. The average molecular weight is 315 g/mol. The van der Waals surface area contributed by atoms with Gasteiger partial charge in [-0.15, -0.1) is 0 Å². The molecule has 6 nitrogen and oxygen atoms in total. The summed E-state index contributed by atoms with van der Waals surface area (Å²) in [5.74, 6) is 0. The van der Waals surface area contributed by atoms with Crippen LogP contribution in [0.3, 0.4) is 0 Å². The number of sulfonamides is 1. The first-order valence-corrected chi connectivity index (χ1v) is 7.77. The Hall–Kier alpha value is -1.57. The van der Waals surface area contributed by atoms with Crippen LogP contribution in [-0.4, -0.2) is 25.7 Å². The average Bonchev–Trinajstić information content (AvgIpc) is 2.74. The molecule has 3 N–H and O–H groups in total. The molecule has 0 bridgehead atoms. The van der Waals surface area contributed by atoms with Gasteiger partial charge in [-0.25, -0.2) is 8.42 Å². The molecule has 0 unspecified atom stereocenters. The van der Waals surface area contributed by atoms with Gasteiger partial charge in [0.1, 0.15) is 4.90 Å². The summed E-state index contributed by atoms with van der Waals surface area (Å²) in [4.78, 5) is 0.168. The number of benzene rings is 1. The number of rotatable bonds is 5. The first-order chi connectivity index (χ1) is 9.44. The SMILES string of the molecule is CNCc1n[nH]c(C)c1S(=O)(=O)Nc1ccc(Cl)cc1. The van der Waals surface area contributed by atoms with Crippen LogP contribution >= 0.6 is 11.6 Å². The van der Waals surface area contributed by atoms with Crippen molar-refractivity contribution in [1.29, 1.82) is 0 Å². The molecule has 0 saturated carbocycles. The molecule has 0 atom stereocenters. The topological polar surface area (TPSA) is 86.9 Å². The standard InChI is InChI=1S/C12H15ClN4O2S/c1-8-12(11(7-14-2)16-15-8)20(18,19)17-10-5-3-9(13)4-6-10/h3-6,14,17H,7H2,1-2H3,(H,15,16). The fourth-order valence-electron chi connectivity index (χ4n) is 1.84. The Bertz CT molecular complexity index is 695. The lowest BCUT2D eigenvalue weighted by Crippen LogP contribution is -2.17. The maximum absolute atomic E-state index is 12.4. The van der Waals surface area contributed by atoms with Crippen LogP contribution in [0.25, 0.3) is 0 Å². The van der Waals surface area contributed by atoms with Crippen LogP contribution in [0, 0.1) is 6.92 Å². The van der Waals surface area contributed by atoms with Gasteiger partial charge in [-0.2, -0.15) is 5.10 Å². The molecule has 0 amide bonds. The Morgan fingerprint density at radius 1 is 1.30 bits per heavy atom. The molecule has 8 heteroatoms. The molecule has 0 spiro atoms. The highest BCUT2D eigenvalue weighted by atomic mass is 35.5. The van der Waals surface area contributed by atoms with Crippen LogP contribution in [-0.2, 0) is 16.6 Å². The number of H-pyrrole nitrogens is 1. The first kappa shape index (κ1) is 14.8. The van der Waals surface area contributed by atoms with Crippen molar-refractivity contribution in [3.05, 3.63) is 40.7 Å². The van der Waals surface area contributed by atoms with Crippen molar-refractivity contribution in [2.24, 2.45) is 0 Å². The summed E-state index contributed by atoms with van der Waals surface area (Å²) in [6, 6.07) is 6.45. The van der Waals surface area contributed by atoms with Crippen molar-refractivity contribution in [3.63, 3.8) is 0 Å². The summed E-state index contributed by atoms with van der Waals surface area (Å²) >= 11 is 5.77. The lowest BCUT2D eigenvalue weighted by molar-refractivity contribution is 0.598. The van der Waals surface area contributed by atoms with Crippen LogP contribution < -0.4 is 10.0 Å². The second-order valence-electron chi connectivity index (χ2n) is 4.27. The molecule has 0 aliphatic rings. The molecule has 1 aromatic heterocycles. The van der Waals surface area contributed by atoms with Gasteiger partial charge in [0.15, 0.2) is 0 Å². The second kappa shape index (κ2) is 5.82. The number of halogens is 1. The maximum atomic E-state index is 12.4. The number of anilines is 1. The number of hydrogen-bond acceptors (Lipinski definition) is 4. The van der Waals surface area contributed by atoms with Gasteiger partial charge in [-0.05, 0) is 38.2 Å². The van der Waals surface area contributed by atoms with Crippen molar-refractivity contribution in [3.8, 4) is 0 Å². The van der Waals surface area contributed by atoms with Crippen molar-refractivity contribution >= 4 is 27.3 Å². The minimum absolute atomic E-state index is 0.168. The predicted octanol–water partition coefficient (Wildman–Crippen LogP) is 1.89. The van der Waals surface area contributed by atoms with Gasteiger partial charge in [-0.1, -0.05) is 11.6 Å². The summed E-state index contributed by atoms with van der Waals surface area (Å²) in [5, 5.41) is 10.1. The van der Waals surface area contributed by atoms with Gasteiger partial charge in [-0.3, -0.25) is 9.82 Å². The molecule has 0 radical (unpaired) electrons. The van der Waals surface area contributed by atoms with Crippen molar-refractivity contribution in [1.82, 2.24) is 15.5 Å². The number of nitrogens with one attached hydrogen (secondary N) is 3. The van der Waals surface area contributed by atoms with E-state index in [9.17, 15) is 8.42 Å². The fourth-order valence-corrected chi connectivity index (χ4v) is 3.39. The third-order valence-corrected chi connectivity index (χ3v) is 4.51. The number of nitrogens with zero attached hydrogens (tertiary/aromatic N) is 1. The molecule has 2 rings (SSSR count). The molecule has 0 aliphatic heterocycles. The largest absolute Gasteiger partial charge is 0.314 e. The Kier molecular flexibility index (Phi) is 4.32. The highest BCUT2D eigenvalue weighted by molar-refractivity contribution is 7.92. The number of aryl methyl sites for hydroxylation is 1. The highest BCUT2D eigenvalue weighted by Crippen LogP contribution is 2.22. The van der Waals surface area contributed by atoms with E-state index < -0.39 is 10.0 Å². The van der Waals surface area contributed by atoms with Crippen molar-refractivity contribution in [2.45, 2.75) is 18.4 Å². The lowest BCUT2D eigenvalue weighted by Gasteiger charge is -2.09. The van der Waals surface area contributed by atoms with Gasteiger partial charge in [0.2, 0.25) is 0 Å². The molecule has 20 heavy (non-hydrogen) atoms. The number of aromatic amines is 1. The van der Waals surface area contributed by atoms with Gasteiger partial charge in [0, 0.05) is 17.3 Å². The number of hydrogen-bond donors (Lipinski definition) is 3. The van der Waals surface area contributed by atoms with E-state index in [2.05, 4.69) is 20.2 Å². The summed E-state index contributed by atoms with van der Waals surface area (Å²) in [6.07, 6.45) is 0. The summed E-state index contributed by atoms with van der Waals surface area (Å²) in [5.41, 5.74) is 1.40. The normalized spacial score (nSPS) is 11.6. The summed E-state index contributed by atoms with van der Waals surface area (Å²) in [6.45, 7) is 2.03. The van der Waals surface area contributed by atoms with Gasteiger partial charge in [0.25, 0.3) is 10.0 Å². The smallest absolute Gasteiger partial charge is 0.265 e. The van der Waals surface area contributed by atoms with E-state index >= 15 is 0 Å². The van der Waals surface area contributed by atoms with E-state index in [1.54, 1.807) is 38.2 Å². The molecule has 1 heterocycles. The van der Waals surface area contributed by atoms with Crippen LogP contribution in [0.15, 0.2) is 29.2 Å². The van der Waals surface area contributed by atoms with Gasteiger partial charge in [0.05, 0.1) is 11.4 Å². The Morgan fingerprint density at radius 2 is 1.95 bits per heavy atom. The van der Waals surface area contributed by atoms with Crippen LogP contribution in [0.5, 0.6) is 0 Å². The minimum atomic E-state index is -3.69. The van der Waals surface area contributed by atoms with E-state index in [1.165, 1.54) is 0 Å². The quantitative estimate of drug-likeness (QED) is 0.786. The zero-order valence-electron chi connectivity index (χ0n) is 11.1. The Morgan fingerprint density at radius 3 is 2.55 bits per heavy atom. The maximum Gasteiger partial charge on any atom is 0.265 e. The second-order valence-corrected chi connectivity index (χ2v) is 6.32. The lowest BCUT2D eigenvalue weighted by atomic mass is 10.3. The van der Waals surface area contributed by atoms with Crippen molar-refractivity contribution < 1.29 is 8.42 Å². The van der Waals surface area contributed by atoms with Crippen LogP contribution in [0.1, 0.15) is 11.4 Å². The molecule has 108 valence electrons. The molecule has 2 aromatic rings. The summed E-state index contributed by atoms with van der Waals surface area (Å²) < 4.78 is 27.4. The predicted molar refractivity (Wildman–Crippen MR) is 78.3 cm³/mol. The van der Waals surface area contributed by atoms with Gasteiger partial charge >= 0.3 is 0 Å². The molecule has 1 aromatic carbocycles. The Labute approximate surface area is 122 Å². The van der Waals surface area contributed by atoms with Crippen LogP contribution in [0.2, 0.25) is 5.02 Å². The highest BCUT2D eigenvalue weighted by Gasteiger charge is 2.24. The monoisotopic (exact) mass is 314 g/mol. The summed E-state index contributed by atoms with van der Waals surface area (Å²) in [7, 11) is -1.96. The Balaban J connectivity index is 2.35. The fraction of sp³-hybridized carbons (Fsp3) is 0.250. The van der Waals surface area contributed by atoms with E-state index in [4.69, 9.17) is 11.6 Å². The van der Waals surface area contributed by atoms with E-state index in [0.717, 1.165) is 0 Å². The molecule has 0 saturated heterocycles. The number of aromatic nitrogens is 2. The minimum Gasteiger partial charge on any atom is -0.314 e. The zero-order valence-corrected chi connectivity index (χ0v) is 12.6. The van der Waals surface area contributed by atoms with E-state index in [0.29, 0.717) is 28.6 Å². The first-order valence-electron chi connectivity index (χ1n) is 5.91. The molecular weight excluding hydrogens is 300 g/mol.